The van der Waals surface area contributed by atoms with Gasteiger partial charge in [0.05, 0.1) is 22.8 Å². The summed E-state index contributed by atoms with van der Waals surface area (Å²) < 4.78 is 0. The minimum absolute atomic E-state index is 0.424. The summed E-state index contributed by atoms with van der Waals surface area (Å²) in [6, 6.07) is 7.53. The monoisotopic (exact) mass is 257 g/mol. The van der Waals surface area contributed by atoms with Crippen LogP contribution in [-0.2, 0) is 0 Å². The molecule has 0 atom stereocenters. The first-order chi connectivity index (χ1) is 9.16. The predicted molar refractivity (Wildman–Crippen MR) is 75.0 cm³/mol. The van der Waals surface area contributed by atoms with E-state index in [0.717, 1.165) is 34.6 Å². The molecule has 0 bridgehead atoms. The molecule has 2 aromatic heterocycles. The number of pyridine rings is 1. The molecule has 0 fully saturated rings. The van der Waals surface area contributed by atoms with E-state index in [-0.39, 0.29) is 0 Å². The molecule has 0 radical (unpaired) electrons. The van der Waals surface area contributed by atoms with E-state index in [1.54, 1.807) is 12.3 Å². The van der Waals surface area contributed by atoms with Crippen LogP contribution in [0.5, 0.6) is 0 Å². The second-order valence-corrected chi connectivity index (χ2v) is 4.09. The maximum absolute atomic E-state index is 11.3. The Labute approximate surface area is 110 Å². The van der Waals surface area contributed by atoms with Crippen molar-refractivity contribution >= 4 is 27.7 Å². The molecule has 19 heavy (non-hydrogen) atoms. The molecule has 3 rings (SSSR count). The number of hydrogen-bond acceptors (Lipinski definition) is 3. The molecule has 5 nitrogen and oxygen atoms in total. The van der Waals surface area contributed by atoms with Gasteiger partial charge in [-0.05, 0) is 19.1 Å². The Kier molecular flexibility index (Phi) is 3.48. The molecule has 98 valence electrons. The van der Waals surface area contributed by atoms with E-state index in [9.17, 15) is 4.79 Å². The normalized spacial score (nSPS) is 10.3. The number of hydrogen-bond donors (Lipinski definition) is 3. The molecular weight excluding hydrogens is 242 g/mol. The van der Waals surface area contributed by atoms with E-state index in [1.165, 1.54) is 0 Å². The topological polar surface area (TPSA) is 92.0 Å². The van der Waals surface area contributed by atoms with Gasteiger partial charge < -0.3 is 15.8 Å². The van der Waals surface area contributed by atoms with Crippen molar-refractivity contribution in [3.8, 4) is 0 Å². The number of para-hydroxylation sites is 1. The van der Waals surface area contributed by atoms with Crippen LogP contribution in [0.4, 0.5) is 0 Å². The lowest BCUT2D eigenvalue weighted by molar-refractivity contribution is 0.100. The molecule has 2 heterocycles. The summed E-state index contributed by atoms with van der Waals surface area (Å²) in [5.74, 6) is -0.424. The Balaban J connectivity index is 0.000000637. The zero-order valence-corrected chi connectivity index (χ0v) is 10.8. The fourth-order valence-electron chi connectivity index (χ4n) is 2.13. The van der Waals surface area contributed by atoms with E-state index < -0.39 is 5.91 Å². The zero-order valence-electron chi connectivity index (χ0n) is 10.8. The van der Waals surface area contributed by atoms with Crippen molar-refractivity contribution < 1.29 is 9.90 Å². The van der Waals surface area contributed by atoms with E-state index >= 15 is 0 Å². The average molecular weight is 257 g/mol. The number of aliphatic hydroxyl groups excluding tert-OH is 1. The SMILES string of the molecule is CO.Cc1cc2c(cn1)[nH]c1c(C(N)=O)cccc12. The number of aromatic amines is 1. The number of nitrogens with one attached hydrogen (secondary N) is 1. The highest BCUT2D eigenvalue weighted by molar-refractivity contribution is 6.14. The number of nitrogens with zero attached hydrogens (tertiary/aromatic N) is 1. The molecule has 0 saturated heterocycles. The van der Waals surface area contributed by atoms with Gasteiger partial charge in [-0.15, -0.1) is 0 Å². The van der Waals surface area contributed by atoms with E-state index in [2.05, 4.69) is 9.97 Å². The molecule has 3 aromatic rings. The van der Waals surface area contributed by atoms with Gasteiger partial charge in [-0.25, -0.2) is 0 Å². The third kappa shape index (κ3) is 2.15. The fraction of sp³-hybridized carbons (Fsp3) is 0.143. The van der Waals surface area contributed by atoms with Crippen LogP contribution >= 0.6 is 0 Å². The first kappa shape index (κ1) is 13.0. The third-order valence-electron chi connectivity index (χ3n) is 2.92. The average Bonchev–Trinajstić information content (AvgIpc) is 2.78. The first-order valence-corrected chi connectivity index (χ1v) is 5.78. The number of amides is 1. The number of aryl methyl sites for hydroxylation is 1. The lowest BCUT2D eigenvalue weighted by Crippen LogP contribution is -2.11. The molecule has 0 aliphatic rings. The second-order valence-electron chi connectivity index (χ2n) is 4.09. The van der Waals surface area contributed by atoms with Crippen molar-refractivity contribution in [3.63, 3.8) is 0 Å². The number of rotatable bonds is 1. The lowest BCUT2D eigenvalue weighted by Gasteiger charge is -1.97. The van der Waals surface area contributed by atoms with Crippen molar-refractivity contribution in [1.29, 1.82) is 0 Å². The molecule has 0 saturated carbocycles. The standard InChI is InChI=1S/C13H11N3O.CH4O/c1-7-5-10-8-3-2-4-9(13(14)17)12(8)16-11(10)6-15-7;1-2/h2-6,16H,1H3,(H2,14,17);2H,1H3. The van der Waals surface area contributed by atoms with Gasteiger partial charge in [0.25, 0.3) is 5.91 Å². The molecule has 0 aliphatic heterocycles. The maximum atomic E-state index is 11.3. The van der Waals surface area contributed by atoms with Crippen molar-refractivity contribution in [2.75, 3.05) is 7.11 Å². The zero-order chi connectivity index (χ0) is 14.0. The number of aliphatic hydroxyl groups is 1. The van der Waals surface area contributed by atoms with Gasteiger partial charge in [0.1, 0.15) is 0 Å². The molecule has 0 aliphatic carbocycles. The summed E-state index contributed by atoms with van der Waals surface area (Å²) in [5, 5.41) is 9.07. The molecular formula is C14H15N3O2. The number of nitrogens with two attached hydrogens (primary N) is 1. The highest BCUT2D eigenvalue weighted by atomic mass is 16.2. The van der Waals surface area contributed by atoms with Gasteiger partial charge >= 0.3 is 0 Å². The summed E-state index contributed by atoms with van der Waals surface area (Å²) in [4.78, 5) is 18.8. The largest absolute Gasteiger partial charge is 0.400 e. The molecule has 1 amide bonds. The van der Waals surface area contributed by atoms with Crippen LogP contribution in [0.3, 0.4) is 0 Å². The second kappa shape index (κ2) is 5.07. The van der Waals surface area contributed by atoms with Crippen LogP contribution in [0, 0.1) is 6.92 Å². The molecule has 4 N–H and O–H groups in total. The summed E-state index contributed by atoms with van der Waals surface area (Å²) in [6.07, 6.45) is 1.77. The highest BCUT2D eigenvalue weighted by Gasteiger charge is 2.11. The van der Waals surface area contributed by atoms with Crippen LogP contribution in [0.25, 0.3) is 21.8 Å². The number of primary amides is 1. The van der Waals surface area contributed by atoms with E-state index in [1.807, 2.05) is 25.1 Å². The van der Waals surface area contributed by atoms with Crippen molar-refractivity contribution in [3.05, 3.63) is 41.7 Å². The summed E-state index contributed by atoms with van der Waals surface area (Å²) >= 11 is 0. The predicted octanol–water partition coefficient (Wildman–Crippen LogP) is 1.73. The molecule has 0 spiro atoms. The molecule has 1 aromatic carbocycles. The summed E-state index contributed by atoms with van der Waals surface area (Å²) in [5.41, 5.74) is 8.51. The van der Waals surface area contributed by atoms with Gasteiger partial charge in [-0.3, -0.25) is 9.78 Å². The van der Waals surface area contributed by atoms with Gasteiger partial charge in [-0.2, -0.15) is 0 Å². The third-order valence-corrected chi connectivity index (χ3v) is 2.92. The smallest absolute Gasteiger partial charge is 0.250 e. The fourth-order valence-corrected chi connectivity index (χ4v) is 2.13. The number of benzene rings is 1. The Morgan fingerprint density at radius 3 is 2.74 bits per heavy atom. The van der Waals surface area contributed by atoms with Crippen molar-refractivity contribution in [1.82, 2.24) is 9.97 Å². The number of carbonyl (C=O) groups excluding carboxylic acids is 1. The Hall–Kier alpha value is -2.40. The van der Waals surface area contributed by atoms with Gasteiger partial charge in [0, 0.05) is 23.6 Å². The quantitative estimate of drug-likeness (QED) is 0.620. The highest BCUT2D eigenvalue weighted by Crippen LogP contribution is 2.27. The Morgan fingerprint density at radius 2 is 2.05 bits per heavy atom. The summed E-state index contributed by atoms with van der Waals surface area (Å²) in [7, 11) is 1.00. The van der Waals surface area contributed by atoms with E-state index in [0.29, 0.717) is 5.56 Å². The van der Waals surface area contributed by atoms with E-state index in [4.69, 9.17) is 10.8 Å². The number of H-pyrrole nitrogens is 1. The van der Waals surface area contributed by atoms with Crippen LogP contribution in [0.2, 0.25) is 0 Å². The van der Waals surface area contributed by atoms with Gasteiger partial charge in [-0.1, -0.05) is 12.1 Å². The molecule has 0 unspecified atom stereocenters. The first-order valence-electron chi connectivity index (χ1n) is 5.78. The van der Waals surface area contributed by atoms with Gasteiger partial charge in [0.2, 0.25) is 0 Å². The Morgan fingerprint density at radius 1 is 1.32 bits per heavy atom. The number of fused-ring (bicyclic) bond motifs is 3. The number of aromatic nitrogens is 2. The Bertz CT molecular complexity index is 747. The van der Waals surface area contributed by atoms with Crippen LogP contribution in [0.1, 0.15) is 16.1 Å². The van der Waals surface area contributed by atoms with Gasteiger partial charge in [0.15, 0.2) is 0 Å². The summed E-state index contributed by atoms with van der Waals surface area (Å²) in [6.45, 7) is 1.94. The van der Waals surface area contributed by atoms with Crippen molar-refractivity contribution in [2.45, 2.75) is 6.92 Å². The number of carbonyl (C=O) groups is 1. The van der Waals surface area contributed by atoms with Crippen LogP contribution in [-0.4, -0.2) is 28.1 Å². The minimum atomic E-state index is -0.424. The van der Waals surface area contributed by atoms with Crippen molar-refractivity contribution in [2.24, 2.45) is 5.73 Å². The maximum Gasteiger partial charge on any atom is 0.250 e. The molecule has 5 heteroatoms. The lowest BCUT2D eigenvalue weighted by atomic mass is 10.1. The van der Waals surface area contributed by atoms with Crippen LogP contribution < -0.4 is 5.73 Å². The minimum Gasteiger partial charge on any atom is -0.400 e. The van der Waals surface area contributed by atoms with Crippen LogP contribution in [0.15, 0.2) is 30.5 Å².